The molecular weight excluding hydrogens is 463 g/mol. The zero-order valence-corrected chi connectivity index (χ0v) is 19.6. The fourth-order valence-corrected chi connectivity index (χ4v) is 5.58. The van der Waals surface area contributed by atoms with Gasteiger partial charge in [-0.25, -0.2) is 0 Å². The van der Waals surface area contributed by atoms with Gasteiger partial charge in [-0.1, -0.05) is 18.2 Å². The Balaban J connectivity index is 1.34. The van der Waals surface area contributed by atoms with E-state index >= 15 is 0 Å². The summed E-state index contributed by atoms with van der Waals surface area (Å²) in [5.74, 6) is -0.134. The number of piperidine rings is 1. The molecule has 2 saturated heterocycles. The number of hydrogen-bond donors (Lipinski definition) is 1. The van der Waals surface area contributed by atoms with Crippen LogP contribution < -0.4 is 5.73 Å². The number of nitrogens with zero attached hydrogens (tertiary/aromatic N) is 4. The first kappa shape index (κ1) is 23.1. The lowest BCUT2D eigenvalue weighted by Gasteiger charge is -2.33. The number of carbonyl (C=O) groups excluding carboxylic acids is 1. The molecule has 6 nitrogen and oxygen atoms in total. The monoisotopic (exact) mass is 491 g/mol. The number of nitrogens with two attached hydrogens (primary N) is 1. The van der Waals surface area contributed by atoms with Crippen LogP contribution in [0, 0.1) is 0 Å². The van der Waals surface area contributed by atoms with Crippen LogP contribution in [-0.2, 0) is 6.18 Å². The van der Waals surface area contributed by atoms with Gasteiger partial charge in [0, 0.05) is 38.0 Å². The summed E-state index contributed by atoms with van der Waals surface area (Å²) < 4.78 is 42.6. The largest absolute Gasteiger partial charge is 0.416 e. The number of aromatic nitrogens is 2. The van der Waals surface area contributed by atoms with Gasteiger partial charge in [-0.05, 0) is 56.0 Å². The molecule has 2 aromatic rings. The molecule has 3 fully saturated rings. The number of alkyl halides is 3. The molecule has 2 aliphatic heterocycles. The van der Waals surface area contributed by atoms with Gasteiger partial charge in [-0.2, -0.15) is 18.3 Å². The molecule has 0 radical (unpaired) electrons. The molecule has 34 heavy (non-hydrogen) atoms. The van der Waals surface area contributed by atoms with Crippen LogP contribution in [-0.4, -0.2) is 56.8 Å². The van der Waals surface area contributed by atoms with Crippen molar-refractivity contribution in [2.24, 2.45) is 5.73 Å². The van der Waals surface area contributed by atoms with Crippen LogP contribution in [0.15, 0.2) is 30.5 Å². The van der Waals surface area contributed by atoms with Crippen molar-refractivity contribution in [2.75, 3.05) is 26.2 Å². The maximum Gasteiger partial charge on any atom is 0.416 e. The minimum absolute atomic E-state index is 0.124. The number of benzene rings is 1. The van der Waals surface area contributed by atoms with E-state index in [9.17, 15) is 18.0 Å². The first-order valence-electron chi connectivity index (χ1n) is 11.8. The molecule has 1 amide bonds. The lowest BCUT2D eigenvalue weighted by atomic mass is 9.93. The van der Waals surface area contributed by atoms with Crippen molar-refractivity contribution >= 4 is 23.2 Å². The van der Waals surface area contributed by atoms with E-state index < -0.39 is 11.7 Å². The predicted molar refractivity (Wildman–Crippen MR) is 126 cm³/mol. The number of amides is 1. The van der Waals surface area contributed by atoms with Gasteiger partial charge >= 0.3 is 6.18 Å². The van der Waals surface area contributed by atoms with Crippen molar-refractivity contribution in [1.82, 2.24) is 19.6 Å². The zero-order valence-electron chi connectivity index (χ0n) is 18.8. The Labute approximate surface area is 201 Å². The van der Waals surface area contributed by atoms with E-state index in [0.717, 1.165) is 50.5 Å². The summed E-state index contributed by atoms with van der Waals surface area (Å²) in [6.07, 6.45) is 1.53. The average Bonchev–Trinajstić information content (AvgIpc) is 3.36. The Bertz CT molecular complexity index is 1090. The lowest BCUT2D eigenvalue weighted by molar-refractivity contribution is -0.138. The van der Waals surface area contributed by atoms with Gasteiger partial charge in [0.2, 0.25) is 0 Å². The predicted octanol–water partition coefficient (Wildman–Crippen LogP) is 4.29. The normalized spacial score (nSPS) is 21.8. The van der Waals surface area contributed by atoms with Crippen molar-refractivity contribution in [2.45, 2.75) is 56.2 Å². The quantitative estimate of drug-likeness (QED) is 0.647. The Morgan fingerprint density at radius 1 is 1.00 bits per heavy atom. The van der Waals surface area contributed by atoms with Crippen molar-refractivity contribution in [3.63, 3.8) is 0 Å². The maximum atomic E-state index is 13.5. The fourth-order valence-electron chi connectivity index (χ4n) is 5.40. The van der Waals surface area contributed by atoms with E-state index in [-0.39, 0.29) is 30.0 Å². The van der Waals surface area contributed by atoms with E-state index in [1.54, 1.807) is 17.2 Å². The summed E-state index contributed by atoms with van der Waals surface area (Å²) in [4.78, 5) is 17.2. The molecule has 5 rings (SSSR count). The van der Waals surface area contributed by atoms with Crippen LogP contribution in [0.4, 0.5) is 13.2 Å². The zero-order chi connectivity index (χ0) is 24.0. The molecule has 2 N–H and O–H groups in total. The van der Waals surface area contributed by atoms with Gasteiger partial charge < -0.3 is 15.5 Å². The minimum Gasteiger partial charge on any atom is -0.376 e. The summed E-state index contributed by atoms with van der Waals surface area (Å²) in [5, 5.41) is 5.03. The summed E-state index contributed by atoms with van der Waals surface area (Å²) >= 11 is 5.09. The van der Waals surface area contributed by atoms with Gasteiger partial charge in [-0.3, -0.25) is 9.48 Å². The number of carbonyl (C=O) groups is 1. The molecule has 10 heteroatoms. The summed E-state index contributed by atoms with van der Waals surface area (Å²) in [6, 6.07) is 5.89. The Hall–Kier alpha value is -2.62. The molecule has 0 bridgehead atoms. The molecule has 1 unspecified atom stereocenters. The molecule has 1 aromatic heterocycles. The van der Waals surface area contributed by atoms with Gasteiger partial charge in [-0.15, -0.1) is 0 Å². The third-order valence-electron chi connectivity index (χ3n) is 7.33. The second kappa shape index (κ2) is 8.87. The van der Waals surface area contributed by atoms with Gasteiger partial charge in [0.25, 0.3) is 5.91 Å². The third-order valence-corrected chi connectivity index (χ3v) is 7.59. The highest BCUT2D eigenvalue weighted by molar-refractivity contribution is 7.80. The Morgan fingerprint density at radius 2 is 1.68 bits per heavy atom. The van der Waals surface area contributed by atoms with Crippen molar-refractivity contribution in [3.05, 3.63) is 52.8 Å². The SMILES string of the molecule is NC(=S)N1CCC(n2ncc(C(=O)N3CCC(c4ccccc4C(F)(F)F)C3)c2C2CC2)CC1. The van der Waals surface area contributed by atoms with Crippen molar-refractivity contribution < 1.29 is 18.0 Å². The first-order chi connectivity index (χ1) is 16.2. The van der Waals surface area contributed by atoms with E-state index in [1.807, 2.05) is 9.58 Å². The standard InChI is InChI=1S/C24H28F3N5OS/c25-24(26,27)20-4-2-1-3-18(20)16-7-10-31(14-16)22(33)19-13-29-32(21(19)15-5-6-15)17-8-11-30(12-9-17)23(28)34/h1-4,13,15-17H,5-12,14H2,(H2,28,34). The van der Waals surface area contributed by atoms with E-state index in [2.05, 4.69) is 5.10 Å². The van der Waals surface area contributed by atoms with Crippen LogP contribution in [0.5, 0.6) is 0 Å². The minimum atomic E-state index is -4.41. The van der Waals surface area contributed by atoms with Crippen molar-refractivity contribution in [1.29, 1.82) is 0 Å². The second-order valence-electron chi connectivity index (χ2n) is 9.54. The first-order valence-corrected chi connectivity index (χ1v) is 12.2. The van der Waals surface area contributed by atoms with Gasteiger partial charge in [0.1, 0.15) is 0 Å². The summed E-state index contributed by atoms with van der Waals surface area (Å²) in [7, 11) is 0. The Kier molecular flexibility index (Phi) is 6.03. The van der Waals surface area contributed by atoms with Crippen LogP contribution in [0.25, 0.3) is 0 Å². The molecular formula is C24H28F3N5OS. The van der Waals surface area contributed by atoms with Crippen molar-refractivity contribution in [3.8, 4) is 0 Å². The molecule has 3 aliphatic rings. The van der Waals surface area contributed by atoms with E-state index in [4.69, 9.17) is 18.0 Å². The van der Waals surface area contributed by atoms with Crippen LogP contribution in [0.3, 0.4) is 0 Å². The molecule has 182 valence electrons. The van der Waals surface area contributed by atoms with E-state index in [1.165, 1.54) is 12.1 Å². The number of rotatable bonds is 4. The smallest absolute Gasteiger partial charge is 0.376 e. The summed E-state index contributed by atoms with van der Waals surface area (Å²) in [5.41, 5.74) is 7.01. The average molecular weight is 492 g/mol. The second-order valence-corrected chi connectivity index (χ2v) is 9.96. The molecule has 0 spiro atoms. The van der Waals surface area contributed by atoms with Crippen LogP contribution in [0.1, 0.15) is 77.2 Å². The highest BCUT2D eigenvalue weighted by atomic mass is 32.1. The van der Waals surface area contributed by atoms with Crippen LogP contribution >= 0.6 is 12.2 Å². The fraction of sp³-hybridized carbons (Fsp3) is 0.542. The molecule has 1 aliphatic carbocycles. The number of halogens is 3. The number of thiocarbonyl (C=S) groups is 1. The maximum absolute atomic E-state index is 13.5. The molecule has 3 heterocycles. The molecule has 1 saturated carbocycles. The number of hydrogen-bond acceptors (Lipinski definition) is 3. The topological polar surface area (TPSA) is 67.4 Å². The van der Waals surface area contributed by atoms with Crippen LogP contribution in [0.2, 0.25) is 0 Å². The molecule has 1 aromatic carbocycles. The third kappa shape index (κ3) is 4.39. The van der Waals surface area contributed by atoms with Gasteiger partial charge in [0.05, 0.1) is 29.1 Å². The lowest BCUT2D eigenvalue weighted by Crippen LogP contribution is -2.42. The van der Waals surface area contributed by atoms with E-state index in [0.29, 0.717) is 29.6 Å². The highest BCUT2D eigenvalue weighted by Crippen LogP contribution is 2.44. The summed E-state index contributed by atoms with van der Waals surface area (Å²) in [6.45, 7) is 2.25. The number of likely N-dealkylation sites (tertiary alicyclic amines) is 2. The Morgan fingerprint density at radius 3 is 2.32 bits per heavy atom. The highest BCUT2D eigenvalue weighted by Gasteiger charge is 2.40. The molecule has 1 atom stereocenters. The van der Waals surface area contributed by atoms with Gasteiger partial charge in [0.15, 0.2) is 5.11 Å².